The molecule has 19 heavy (non-hydrogen) atoms. The lowest BCUT2D eigenvalue weighted by Gasteiger charge is -2.04. The van der Waals surface area contributed by atoms with Gasteiger partial charge >= 0.3 is 0 Å². The number of aromatic nitrogens is 1. The lowest BCUT2D eigenvalue weighted by molar-refractivity contribution is 0.0949. The van der Waals surface area contributed by atoms with Gasteiger partial charge in [0.05, 0.1) is 0 Å². The standard InChI is InChI=1S/C10H18N4O4S/c1-2-18-5-3-4-13-19(16,17)8-6-9(12-7-8)10(15)14-11/h6-7,12-13H,2-5,11H2,1H3,(H,14,15). The molecular weight excluding hydrogens is 272 g/mol. The molecule has 0 saturated carbocycles. The maximum atomic E-state index is 11.9. The normalized spacial score (nSPS) is 11.5. The number of sulfonamides is 1. The average Bonchev–Trinajstić information content (AvgIpc) is 2.88. The van der Waals surface area contributed by atoms with Crippen LogP contribution in [0.25, 0.3) is 0 Å². The summed E-state index contributed by atoms with van der Waals surface area (Å²) in [5, 5.41) is 0. The number of carbonyl (C=O) groups excluding carboxylic acids is 1. The summed E-state index contributed by atoms with van der Waals surface area (Å²) in [6, 6.07) is 1.22. The van der Waals surface area contributed by atoms with Crippen molar-refractivity contribution in [2.45, 2.75) is 18.2 Å². The van der Waals surface area contributed by atoms with Crippen LogP contribution in [0.5, 0.6) is 0 Å². The van der Waals surface area contributed by atoms with E-state index in [0.717, 1.165) is 0 Å². The number of nitrogens with two attached hydrogens (primary N) is 1. The molecule has 0 unspecified atom stereocenters. The molecule has 1 aromatic rings. The maximum absolute atomic E-state index is 11.9. The van der Waals surface area contributed by atoms with Gasteiger partial charge in [-0.3, -0.25) is 10.2 Å². The van der Waals surface area contributed by atoms with Gasteiger partial charge in [0, 0.05) is 26.0 Å². The zero-order valence-corrected chi connectivity index (χ0v) is 11.4. The van der Waals surface area contributed by atoms with Gasteiger partial charge < -0.3 is 9.72 Å². The minimum atomic E-state index is -3.63. The Balaban J connectivity index is 2.57. The zero-order chi connectivity index (χ0) is 14.3. The summed E-state index contributed by atoms with van der Waals surface area (Å²) in [4.78, 5) is 13.7. The molecule has 0 atom stereocenters. The van der Waals surface area contributed by atoms with Crippen molar-refractivity contribution < 1.29 is 17.9 Å². The van der Waals surface area contributed by atoms with E-state index in [1.54, 1.807) is 0 Å². The van der Waals surface area contributed by atoms with Crippen molar-refractivity contribution >= 4 is 15.9 Å². The Bertz CT molecular complexity index is 511. The van der Waals surface area contributed by atoms with Crippen LogP contribution in [-0.4, -0.2) is 39.1 Å². The van der Waals surface area contributed by atoms with Crippen LogP contribution in [0, 0.1) is 0 Å². The number of rotatable bonds is 8. The lowest BCUT2D eigenvalue weighted by atomic mass is 10.4. The minimum absolute atomic E-state index is 0.0116. The van der Waals surface area contributed by atoms with Gasteiger partial charge in [0.2, 0.25) is 10.0 Å². The predicted octanol–water partition coefficient (Wildman–Crippen LogP) is -0.677. The molecule has 1 rings (SSSR count). The second-order valence-electron chi connectivity index (χ2n) is 3.67. The van der Waals surface area contributed by atoms with Gasteiger partial charge in [0.1, 0.15) is 10.6 Å². The first-order valence-electron chi connectivity index (χ1n) is 5.78. The molecule has 8 nitrogen and oxygen atoms in total. The Morgan fingerprint density at radius 2 is 2.26 bits per heavy atom. The first-order chi connectivity index (χ1) is 9.01. The molecule has 1 heterocycles. The highest BCUT2D eigenvalue weighted by Crippen LogP contribution is 2.10. The highest BCUT2D eigenvalue weighted by Gasteiger charge is 2.17. The number of nitrogen functional groups attached to an aromatic ring is 1. The van der Waals surface area contributed by atoms with E-state index in [1.165, 1.54) is 12.3 Å². The monoisotopic (exact) mass is 290 g/mol. The minimum Gasteiger partial charge on any atom is -0.382 e. The first-order valence-corrected chi connectivity index (χ1v) is 7.26. The van der Waals surface area contributed by atoms with Gasteiger partial charge in [-0.15, -0.1) is 0 Å². The van der Waals surface area contributed by atoms with Crippen molar-refractivity contribution in [3.63, 3.8) is 0 Å². The van der Waals surface area contributed by atoms with Crippen LogP contribution in [-0.2, 0) is 14.8 Å². The Labute approximate surface area is 111 Å². The van der Waals surface area contributed by atoms with E-state index in [1.807, 2.05) is 12.3 Å². The molecule has 5 N–H and O–H groups in total. The number of ether oxygens (including phenoxy) is 1. The summed E-state index contributed by atoms with van der Waals surface area (Å²) < 4.78 is 31.2. The summed E-state index contributed by atoms with van der Waals surface area (Å²) in [6.07, 6.45) is 1.81. The van der Waals surface area contributed by atoms with Gasteiger partial charge in [-0.2, -0.15) is 0 Å². The number of H-pyrrole nitrogens is 1. The summed E-state index contributed by atoms with van der Waals surface area (Å²) in [5.41, 5.74) is 1.99. The van der Waals surface area contributed by atoms with Gasteiger partial charge in [0.25, 0.3) is 5.91 Å². The topological polar surface area (TPSA) is 126 Å². The van der Waals surface area contributed by atoms with Crippen LogP contribution in [0.2, 0.25) is 0 Å². The number of aromatic amines is 1. The number of carbonyl (C=O) groups is 1. The molecule has 0 radical (unpaired) electrons. The van der Waals surface area contributed by atoms with Gasteiger partial charge in [-0.1, -0.05) is 0 Å². The Morgan fingerprint density at radius 3 is 2.89 bits per heavy atom. The van der Waals surface area contributed by atoms with Gasteiger partial charge in [0.15, 0.2) is 0 Å². The second-order valence-corrected chi connectivity index (χ2v) is 5.44. The molecule has 0 aromatic carbocycles. The van der Waals surface area contributed by atoms with E-state index in [2.05, 4.69) is 9.71 Å². The molecule has 0 aliphatic heterocycles. The van der Waals surface area contributed by atoms with E-state index in [9.17, 15) is 13.2 Å². The molecule has 108 valence electrons. The van der Waals surface area contributed by atoms with E-state index in [4.69, 9.17) is 10.6 Å². The third-order valence-corrected chi connectivity index (χ3v) is 3.74. The molecule has 0 saturated heterocycles. The molecule has 0 aliphatic carbocycles. The molecule has 0 aliphatic rings. The second kappa shape index (κ2) is 7.24. The van der Waals surface area contributed by atoms with E-state index in [-0.39, 0.29) is 17.1 Å². The number of nitrogens with one attached hydrogen (secondary N) is 3. The molecule has 0 fully saturated rings. The number of hydrazine groups is 1. The SMILES string of the molecule is CCOCCCNS(=O)(=O)c1c[nH]c(C(=O)NN)c1. The third-order valence-electron chi connectivity index (χ3n) is 2.30. The van der Waals surface area contributed by atoms with Crippen LogP contribution in [0.15, 0.2) is 17.2 Å². The lowest BCUT2D eigenvalue weighted by Crippen LogP contribution is -2.30. The van der Waals surface area contributed by atoms with Crippen molar-refractivity contribution in [2.24, 2.45) is 5.84 Å². The molecule has 0 spiro atoms. The van der Waals surface area contributed by atoms with Crippen LogP contribution in [0.1, 0.15) is 23.8 Å². The smallest absolute Gasteiger partial charge is 0.281 e. The molecule has 9 heteroatoms. The summed E-state index contributed by atoms with van der Waals surface area (Å²) in [6.45, 7) is 3.23. The number of hydrogen-bond donors (Lipinski definition) is 4. The zero-order valence-electron chi connectivity index (χ0n) is 10.6. The molecular formula is C10H18N4O4S. The van der Waals surface area contributed by atoms with Crippen molar-refractivity contribution in [1.82, 2.24) is 15.1 Å². The predicted molar refractivity (Wildman–Crippen MR) is 68.7 cm³/mol. The summed E-state index contributed by atoms with van der Waals surface area (Å²) in [5.74, 6) is 4.37. The van der Waals surface area contributed by atoms with Crippen LogP contribution in [0.3, 0.4) is 0 Å². The van der Waals surface area contributed by atoms with E-state index in [0.29, 0.717) is 19.6 Å². The quantitative estimate of drug-likeness (QED) is 0.218. The van der Waals surface area contributed by atoms with Crippen LogP contribution >= 0.6 is 0 Å². The van der Waals surface area contributed by atoms with Crippen LogP contribution < -0.4 is 16.0 Å². The fourth-order valence-corrected chi connectivity index (χ4v) is 2.41. The van der Waals surface area contributed by atoms with Gasteiger partial charge in [-0.05, 0) is 19.4 Å². The highest BCUT2D eigenvalue weighted by molar-refractivity contribution is 7.89. The molecule has 1 aromatic heterocycles. The fourth-order valence-electron chi connectivity index (χ4n) is 1.35. The Hall–Kier alpha value is -1.42. The van der Waals surface area contributed by atoms with Crippen LogP contribution in [0.4, 0.5) is 0 Å². The number of hydrogen-bond acceptors (Lipinski definition) is 5. The fraction of sp³-hybridized carbons (Fsp3) is 0.500. The van der Waals surface area contributed by atoms with Crippen molar-refractivity contribution in [1.29, 1.82) is 0 Å². The van der Waals surface area contributed by atoms with Crippen molar-refractivity contribution in [2.75, 3.05) is 19.8 Å². The third kappa shape index (κ3) is 4.63. The number of amides is 1. The maximum Gasteiger partial charge on any atom is 0.281 e. The van der Waals surface area contributed by atoms with Gasteiger partial charge in [-0.25, -0.2) is 19.0 Å². The summed E-state index contributed by atoms with van der Waals surface area (Å²) in [7, 11) is -3.63. The molecule has 1 amide bonds. The largest absolute Gasteiger partial charge is 0.382 e. The van der Waals surface area contributed by atoms with E-state index >= 15 is 0 Å². The van der Waals surface area contributed by atoms with Crippen molar-refractivity contribution in [3.05, 3.63) is 18.0 Å². The molecule has 0 bridgehead atoms. The first kappa shape index (κ1) is 15.6. The van der Waals surface area contributed by atoms with E-state index < -0.39 is 15.9 Å². The Morgan fingerprint density at radius 1 is 1.53 bits per heavy atom. The summed E-state index contributed by atoms with van der Waals surface area (Å²) >= 11 is 0. The average molecular weight is 290 g/mol. The highest BCUT2D eigenvalue weighted by atomic mass is 32.2. The Kier molecular flexibility index (Phi) is 5.96. The van der Waals surface area contributed by atoms with Crippen molar-refractivity contribution in [3.8, 4) is 0 Å².